The molecule has 2 aromatic carbocycles. The molecule has 8 heteroatoms. The normalized spacial score (nSPS) is 12.3. The van der Waals surface area contributed by atoms with Gasteiger partial charge in [-0.15, -0.1) is 12.4 Å². The summed E-state index contributed by atoms with van der Waals surface area (Å²) in [7, 11) is 1.50. The maximum absolute atomic E-state index is 12.0. The van der Waals surface area contributed by atoms with E-state index in [1.54, 1.807) is 24.3 Å². The molecular formula is C19H25ClN4O3. The van der Waals surface area contributed by atoms with Gasteiger partial charge in [-0.3, -0.25) is 4.79 Å². The Labute approximate surface area is 165 Å². The third kappa shape index (κ3) is 7.26. The van der Waals surface area contributed by atoms with Crippen LogP contribution >= 0.6 is 12.4 Å². The van der Waals surface area contributed by atoms with Crippen molar-refractivity contribution in [3.8, 4) is 0 Å². The largest absolute Gasteiger partial charge is 0.383 e. The van der Waals surface area contributed by atoms with Crippen LogP contribution in [0.15, 0.2) is 54.6 Å². The van der Waals surface area contributed by atoms with E-state index in [-0.39, 0.29) is 37.0 Å². The maximum atomic E-state index is 12.0. The van der Waals surface area contributed by atoms with E-state index >= 15 is 0 Å². The number of hydrogen-bond donors (Lipinski definition) is 4. The molecule has 3 amide bonds. The van der Waals surface area contributed by atoms with Gasteiger partial charge < -0.3 is 26.4 Å². The first kappa shape index (κ1) is 22.4. The summed E-state index contributed by atoms with van der Waals surface area (Å²) in [6, 6.07) is 15.2. The third-order valence-electron chi connectivity index (χ3n) is 3.74. The zero-order valence-electron chi connectivity index (χ0n) is 15.3. The predicted octanol–water partition coefficient (Wildman–Crippen LogP) is 2.90. The van der Waals surface area contributed by atoms with Crippen molar-refractivity contribution in [3.63, 3.8) is 0 Å². The van der Waals surface area contributed by atoms with Gasteiger partial charge >= 0.3 is 6.03 Å². The van der Waals surface area contributed by atoms with Crippen LogP contribution in [0.1, 0.15) is 18.5 Å². The van der Waals surface area contributed by atoms with E-state index < -0.39 is 6.04 Å². The van der Waals surface area contributed by atoms with E-state index in [1.807, 2.05) is 37.3 Å². The molecule has 0 spiro atoms. The Kier molecular flexibility index (Phi) is 9.29. The lowest BCUT2D eigenvalue weighted by Crippen LogP contribution is -2.44. The molecule has 0 aromatic heterocycles. The maximum Gasteiger partial charge on any atom is 0.323 e. The molecule has 0 heterocycles. The van der Waals surface area contributed by atoms with Gasteiger partial charge in [0, 0.05) is 18.5 Å². The Morgan fingerprint density at radius 1 is 1.00 bits per heavy atom. The van der Waals surface area contributed by atoms with Crippen molar-refractivity contribution in [2.45, 2.75) is 19.0 Å². The van der Waals surface area contributed by atoms with Gasteiger partial charge in [0.1, 0.15) is 6.04 Å². The van der Waals surface area contributed by atoms with E-state index in [1.165, 1.54) is 7.11 Å². The van der Waals surface area contributed by atoms with Crippen LogP contribution in [0.5, 0.6) is 0 Å². The fourth-order valence-corrected chi connectivity index (χ4v) is 2.33. The summed E-state index contributed by atoms with van der Waals surface area (Å²) in [4.78, 5) is 23.9. The zero-order valence-corrected chi connectivity index (χ0v) is 16.1. The molecule has 0 aliphatic carbocycles. The van der Waals surface area contributed by atoms with E-state index in [2.05, 4.69) is 16.0 Å². The summed E-state index contributed by atoms with van der Waals surface area (Å²) in [5.74, 6) is -0.274. The van der Waals surface area contributed by atoms with Crippen molar-refractivity contribution >= 4 is 35.7 Å². The number of amides is 3. The second-order valence-electron chi connectivity index (χ2n) is 5.86. The molecule has 27 heavy (non-hydrogen) atoms. The summed E-state index contributed by atoms with van der Waals surface area (Å²) in [6.45, 7) is 2.03. The number of rotatable bonds is 7. The predicted molar refractivity (Wildman–Crippen MR) is 109 cm³/mol. The number of nitrogens with one attached hydrogen (secondary N) is 3. The minimum absolute atomic E-state index is 0. The minimum atomic E-state index is -0.704. The molecule has 0 radical (unpaired) electrons. The first-order chi connectivity index (χ1) is 12.5. The summed E-state index contributed by atoms with van der Waals surface area (Å²) >= 11 is 0. The number of carbonyl (C=O) groups is 2. The van der Waals surface area contributed by atoms with Crippen LogP contribution in [0.4, 0.5) is 16.2 Å². The molecule has 0 aliphatic heterocycles. The van der Waals surface area contributed by atoms with Gasteiger partial charge in [0.05, 0.1) is 12.6 Å². The summed E-state index contributed by atoms with van der Waals surface area (Å²) < 4.78 is 4.88. The molecule has 0 saturated heterocycles. The van der Waals surface area contributed by atoms with Crippen molar-refractivity contribution in [1.82, 2.24) is 5.32 Å². The first-order valence-corrected chi connectivity index (χ1v) is 8.27. The number of halogens is 1. The van der Waals surface area contributed by atoms with E-state index in [4.69, 9.17) is 10.5 Å². The zero-order chi connectivity index (χ0) is 18.9. The van der Waals surface area contributed by atoms with Crippen molar-refractivity contribution in [1.29, 1.82) is 0 Å². The molecule has 0 fully saturated rings. The quantitative estimate of drug-likeness (QED) is 0.581. The Morgan fingerprint density at radius 2 is 1.56 bits per heavy atom. The molecule has 146 valence electrons. The molecular weight excluding hydrogens is 368 g/mol. The fraction of sp³-hybridized carbons (Fsp3) is 0.263. The number of anilines is 2. The number of nitrogens with two attached hydrogens (primary N) is 1. The van der Waals surface area contributed by atoms with Crippen molar-refractivity contribution in [2.75, 3.05) is 24.4 Å². The summed E-state index contributed by atoms with van der Waals surface area (Å²) in [5.41, 5.74) is 7.97. The highest BCUT2D eigenvalue weighted by Crippen LogP contribution is 2.16. The van der Waals surface area contributed by atoms with Gasteiger partial charge in [0.15, 0.2) is 0 Å². The van der Waals surface area contributed by atoms with Crippen LogP contribution in [-0.2, 0) is 9.53 Å². The van der Waals surface area contributed by atoms with Crippen LogP contribution in [0.3, 0.4) is 0 Å². The molecule has 0 saturated carbocycles. The molecule has 5 N–H and O–H groups in total. The molecule has 7 nitrogen and oxygen atoms in total. The third-order valence-corrected chi connectivity index (χ3v) is 3.74. The van der Waals surface area contributed by atoms with Crippen molar-refractivity contribution in [2.24, 2.45) is 5.73 Å². The number of ether oxygens (including phenoxy) is 1. The van der Waals surface area contributed by atoms with Gasteiger partial charge in [-0.1, -0.05) is 30.3 Å². The number of carbonyl (C=O) groups excluding carboxylic acids is 2. The van der Waals surface area contributed by atoms with Crippen molar-refractivity contribution < 1.29 is 14.3 Å². The Morgan fingerprint density at radius 3 is 2.11 bits per heavy atom. The highest BCUT2D eigenvalue weighted by Gasteiger charge is 2.16. The SMILES string of the molecule is COCC(N)C(=O)NC(C)c1ccc(NC(=O)Nc2ccccc2)cc1.Cl. The monoisotopic (exact) mass is 392 g/mol. The topological polar surface area (TPSA) is 105 Å². The van der Waals surface area contributed by atoms with Gasteiger partial charge in [-0.2, -0.15) is 0 Å². The number of para-hydroxylation sites is 1. The molecule has 0 bridgehead atoms. The molecule has 2 aromatic rings. The average Bonchev–Trinajstić information content (AvgIpc) is 2.63. The van der Waals surface area contributed by atoms with Crippen LogP contribution in [0.25, 0.3) is 0 Å². The van der Waals surface area contributed by atoms with Crippen LogP contribution < -0.4 is 21.7 Å². The van der Waals surface area contributed by atoms with Gasteiger partial charge in [-0.25, -0.2) is 4.79 Å². The van der Waals surface area contributed by atoms with Crippen LogP contribution in [0, 0.1) is 0 Å². The Bertz CT molecular complexity index is 725. The highest BCUT2D eigenvalue weighted by molar-refractivity contribution is 5.99. The van der Waals surface area contributed by atoms with E-state index in [9.17, 15) is 9.59 Å². The number of methoxy groups -OCH3 is 1. The van der Waals surface area contributed by atoms with Gasteiger partial charge in [0.25, 0.3) is 0 Å². The lowest BCUT2D eigenvalue weighted by atomic mass is 10.1. The molecule has 2 rings (SSSR count). The minimum Gasteiger partial charge on any atom is -0.383 e. The second kappa shape index (κ2) is 11.2. The smallest absolute Gasteiger partial charge is 0.323 e. The lowest BCUT2D eigenvalue weighted by molar-refractivity contribution is -0.124. The second-order valence-corrected chi connectivity index (χ2v) is 5.86. The van der Waals surface area contributed by atoms with Crippen LogP contribution in [-0.4, -0.2) is 31.7 Å². The van der Waals surface area contributed by atoms with Gasteiger partial charge in [-0.05, 0) is 36.8 Å². The van der Waals surface area contributed by atoms with E-state index in [0.717, 1.165) is 5.56 Å². The average molecular weight is 393 g/mol. The van der Waals surface area contributed by atoms with Crippen molar-refractivity contribution in [3.05, 3.63) is 60.2 Å². The first-order valence-electron chi connectivity index (χ1n) is 8.27. The molecule has 2 atom stereocenters. The van der Waals surface area contributed by atoms with Gasteiger partial charge in [0.2, 0.25) is 5.91 Å². The lowest BCUT2D eigenvalue weighted by Gasteiger charge is -2.18. The molecule has 2 unspecified atom stereocenters. The van der Waals surface area contributed by atoms with Crippen LogP contribution in [0.2, 0.25) is 0 Å². The number of benzene rings is 2. The Hall–Kier alpha value is -2.61. The standard InChI is InChI=1S/C19H24N4O3.ClH/c1-13(21-18(24)17(20)12-26-2)14-8-10-16(11-9-14)23-19(25)22-15-6-4-3-5-7-15;/h3-11,13,17H,12,20H2,1-2H3,(H,21,24)(H2,22,23,25);1H. The van der Waals surface area contributed by atoms with E-state index in [0.29, 0.717) is 11.4 Å². The summed E-state index contributed by atoms with van der Waals surface area (Å²) in [5, 5.41) is 8.33. The summed E-state index contributed by atoms with van der Waals surface area (Å²) in [6.07, 6.45) is 0. The fourth-order valence-electron chi connectivity index (χ4n) is 2.33. The molecule has 0 aliphatic rings. The highest BCUT2D eigenvalue weighted by atomic mass is 35.5. The number of urea groups is 1. The Balaban J connectivity index is 0.00000364. The number of hydrogen-bond acceptors (Lipinski definition) is 4.